The number of ether oxygens (including phenoxy) is 3. The summed E-state index contributed by atoms with van der Waals surface area (Å²) in [5, 5.41) is 0. The summed E-state index contributed by atoms with van der Waals surface area (Å²) >= 11 is 0. The lowest BCUT2D eigenvalue weighted by molar-refractivity contribution is 0.102. The topological polar surface area (TPSA) is 34.3 Å². The van der Waals surface area contributed by atoms with Gasteiger partial charge in [-0.05, 0) is 12.5 Å². The van der Waals surface area contributed by atoms with Gasteiger partial charge in [0.1, 0.15) is 12.2 Å². The van der Waals surface area contributed by atoms with Crippen LogP contribution in [0.3, 0.4) is 0 Å². The van der Waals surface area contributed by atoms with Gasteiger partial charge in [-0.15, -0.1) is 0 Å². The van der Waals surface area contributed by atoms with Crippen molar-refractivity contribution >= 4 is 6.08 Å². The Labute approximate surface area is 108 Å². The van der Waals surface area contributed by atoms with Crippen molar-refractivity contribution in [3.05, 3.63) is 42.0 Å². The molecule has 2 aliphatic rings. The fourth-order valence-electron chi connectivity index (χ4n) is 1.46. The molecular formula is C15H20O3. The quantitative estimate of drug-likeness (QED) is 0.751. The van der Waals surface area contributed by atoms with Gasteiger partial charge in [0.15, 0.2) is 0 Å². The predicted octanol–water partition coefficient (Wildman–Crippen LogP) is 2.44. The molecule has 3 rings (SSSR count). The van der Waals surface area contributed by atoms with Crippen LogP contribution in [0.4, 0.5) is 0 Å². The smallest absolute Gasteiger partial charge is 0.104 e. The molecule has 0 aliphatic carbocycles. The maximum absolute atomic E-state index is 5.23. The second-order valence-corrected chi connectivity index (χ2v) is 4.57. The monoisotopic (exact) mass is 248 g/mol. The number of hydrogen-bond donors (Lipinski definition) is 0. The first-order valence-electron chi connectivity index (χ1n) is 6.28. The molecule has 3 heteroatoms. The second-order valence-electron chi connectivity index (χ2n) is 4.57. The average molecular weight is 248 g/mol. The summed E-state index contributed by atoms with van der Waals surface area (Å²) < 4.78 is 15.1. The van der Waals surface area contributed by atoms with Crippen molar-refractivity contribution in [2.24, 2.45) is 0 Å². The molecule has 0 saturated carbocycles. The molecule has 0 spiro atoms. The average Bonchev–Trinajstić information content (AvgIpc) is 3.24. The summed E-state index contributed by atoms with van der Waals surface area (Å²) in [6.45, 7) is 9.01. The molecule has 2 unspecified atom stereocenters. The van der Waals surface area contributed by atoms with E-state index in [2.05, 4.69) is 25.6 Å². The zero-order valence-electron chi connectivity index (χ0n) is 10.8. The van der Waals surface area contributed by atoms with E-state index in [4.69, 9.17) is 14.2 Å². The number of rotatable bonds is 5. The highest BCUT2D eigenvalue weighted by molar-refractivity contribution is 5.47. The van der Waals surface area contributed by atoms with Crippen LogP contribution >= 0.6 is 0 Å². The molecule has 1 aromatic rings. The van der Waals surface area contributed by atoms with Crippen molar-refractivity contribution in [1.29, 1.82) is 0 Å². The van der Waals surface area contributed by atoms with Gasteiger partial charge in [0.25, 0.3) is 0 Å². The molecule has 0 bridgehead atoms. The van der Waals surface area contributed by atoms with Crippen molar-refractivity contribution in [1.82, 2.24) is 0 Å². The number of aryl methyl sites for hydroxylation is 1. The van der Waals surface area contributed by atoms with Crippen molar-refractivity contribution in [2.75, 3.05) is 26.4 Å². The molecule has 2 saturated heterocycles. The minimum atomic E-state index is 0.392. The number of hydrogen-bond acceptors (Lipinski definition) is 3. The molecule has 2 fully saturated rings. The predicted molar refractivity (Wildman–Crippen MR) is 71.6 cm³/mol. The van der Waals surface area contributed by atoms with Crippen LogP contribution in [0.15, 0.2) is 30.8 Å². The zero-order valence-corrected chi connectivity index (χ0v) is 10.8. The van der Waals surface area contributed by atoms with Crippen LogP contribution < -0.4 is 0 Å². The van der Waals surface area contributed by atoms with Crippen LogP contribution in [0.1, 0.15) is 11.1 Å². The Morgan fingerprint density at radius 2 is 1.89 bits per heavy atom. The first kappa shape index (κ1) is 13.3. The van der Waals surface area contributed by atoms with Crippen molar-refractivity contribution in [3.8, 4) is 0 Å². The summed E-state index contributed by atoms with van der Waals surface area (Å²) in [6, 6.07) is 8.26. The minimum absolute atomic E-state index is 0.392. The first-order chi connectivity index (χ1) is 8.78. The van der Waals surface area contributed by atoms with E-state index in [-0.39, 0.29) is 0 Å². The normalized spacial score (nSPS) is 23.8. The van der Waals surface area contributed by atoms with Gasteiger partial charge in [-0.25, -0.2) is 0 Å². The van der Waals surface area contributed by atoms with Gasteiger partial charge in [0.05, 0.1) is 26.4 Å². The van der Waals surface area contributed by atoms with E-state index in [0.29, 0.717) is 12.2 Å². The lowest BCUT2D eigenvalue weighted by atomic mass is 10.1. The molecule has 98 valence electrons. The lowest BCUT2D eigenvalue weighted by Gasteiger charge is -1.95. The molecule has 0 aromatic heterocycles. The molecule has 2 aliphatic heterocycles. The lowest BCUT2D eigenvalue weighted by Crippen LogP contribution is -2.06. The van der Waals surface area contributed by atoms with Gasteiger partial charge < -0.3 is 14.2 Å². The van der Waals surface area contributed by atoms with Crippen LogP contribution in [0.2, 0.25) is 0 Å². The van der Waals surface area contributed by atoms with E-state index in [0.717, 1.165) is 26.4 Å². The fraction of sp³-hybridized carbons (Fsp3) is 0.467. The second kappa shape index (κ2) is 6.69. The maximum Gasteiger partial charge on any atom is 0.104 e. The van der Waals surface area contributed by atoms with Crippen molar-refractivity contribution in [2.45, 2.75) is 19.1 Å². The van der Waals surface area contributed by atoms with Gasteiger partial charge >= 0.3 is 0 Å². The Hall–Kier alpha value is -1.16. The third-order valence-corrected chi connectivity index (χ3v) is 2.69. The van der Waals surface area contributed by atoms with E-state index in [1.165, 1.54) is 11.1 Å². The maximum atomic E-state index is 5.23. The molecule has 3 nitrogen and oxygen atoms in total. The van der Waals surface area contributed by atoms with Gasteiger partial charge in [-0.3, -0.25) is 0 Å². The summed E-state index contributed by atoms with van der Waals surface area (Å²) in [5.74, 6) is 0. The van der Waals surface area contributed by atoms with E-state index in [9.17, 15) is 0 Å². The molecule has 18 heavy (non-hydrogen) atoms. The van der Waals surface area contributed by atoms with E-state index in [1.54, 1.807) is 0 Å². The highest BCUT2D eigenvalue weighted by Crippen LogP contribution is 2.12. The summed E-state index contributed by atoms with van der Waals surface area (Å²) in [5.41, 5.74) is 2.47. The molecule has 1 aromatic carbocycles. The van der Waals surface area contributed by atoms with Crippen LogP contribution in [0.5, 0.6) is 0 Å². The Balaban J connectivity index is 0.000000134. The SMILES string of the molecule is C(OCC1CO1)C1CO1.C=Cc1cccc(C)c1. The van der Waals surface area contributed by atoms with E-state index in [1.807, 2.05) is 18.2 Å². The van der Waals surface area contributed by atoms with E-state index >= 15 is 0 Å². The Morgan fingerprint density at radius 1 is 1.28 bits per heavy atom. The number of benzene rings is 1. The highest BCUT2D eigenvalue weighted by Gasteiger charge is 2.26. The van der Waals surface area contributed by atoms with Gasteiger partial charge in [0.2, 0.25) is 0 Å². The Morgan fingerprint density at radius 3 is 2.28 bits per heavy atom. The van der Waals surface area contributed by atoms with Crippen LogP contribution in [0, 0.1) is 6.92 Å². The Kier molecular flexibility index (Phi) is 4.93. The minimum Gasteiger partial charge on any atom is -0.376 e. The van der Waals surface area contributed by atoms with Gasteiger partial charge in [-0.1, -0.05) is 42.5 Å². The summed E-state index contributed by atoms with van der Waals surface area (Å²) in [6.07, 6.45) is 2.64. The summed E-state index contributed by atoms with van der Waals surface area (Å²) in [4.78, 5) is 0. The van der Waals surface area contributed by atoms with Crippen LogP contribution in [-0.2, 0) is 14.2 Å². The van der Waals surface area contributed by atoms with Gasteiger partial charge in [-0.2, -0.15) is 0 Å². The number of epoxide rings is 2. The molecule has 0 amide bonds. The zero-order chi connectivity index (χ0) is 12.8. The van der Waals surface area contributed by atoms with Crippen molar-refractivity contribution < 1.29 is 14.2 Å². The first-order valence-corrected chi connectivity index (χ1v) is 6.28. The molecule has 0 N–H and O–H groups in total. The molecule has 0 radical (unpaired) electrons. The molecular weight excluding hydrogens is 228 g/mol. The fourth-order valence-corrected chi connectivity index (χ4v) is 1.46. The third kappa shape index (κ3) is 5.45. The third-order valence-electron chi connectivity index (χ3n) is 2.69. The highest BCUT2D eigenvalue weighted by atomic mass is 16.6. The Bertz CT molecular complexity index is 369. The largest absolute Gasteiger partial charge is 0.376 e. The van der Waals surface area contributed by atoms with Gasteiger partial charge in [0, 0.05) is 0 Å². The molecule has 2 atom stereocenters. The van der Waals surface area contributed by atoms with Crippen molar-refractivity contribution in [3.63, 3.8) is 0 Å². The molecule has 2 heterocycles. The van der Waals surface area contributed by atoms with Crippen LogP contribution in [-0.4, -0.2) is 38.6 Å². The van der Waals surface area contributed by atoms with Crippen LogP contribution in [0.25, 0.3) is 6.08 Å². The summed E-state index contributed by atoms with van der Waals surface area (Å²) in [7, 11) is 0. The standard InChI is InChI=1S/C9H10.C6H10O3/c1-3-9-6-4-5-8(2)7-9;1(5-3-8-5)7-2-6-4-9-6/h3-7H,1H2,2H3;5-6H,1-4H2. The van der Waals surface area contributed by atoms with E-state index < -0.39 is 0 Å².